The molecule has 0 aliphatic carbocycles. The highest BCUT2D eigenvalue weighted by atomic mass is 32.2. The first kappa shape index (κ1) is 16.1. The lowest BCUT2D eigenvalue weighted by molar-refractivity contribution is 0.111. The van der Waals surface area contributed by atoms with E-state index < -0.39 is 10.0 Å². The van der Waals surface area contributed by atoms with Crippen LogP contribution >= 0.6 is 0 Å². The highest BCUT2D eigenvalue weighted by molar-refractivity contribution is 7.89. The van der Waals surface area contributed by atoms with Crippen molar-refractivity contribution in [3.05, 3.63) is 53.6 Å². The third-order valence-electron chi connectivity index (χ3n) is 3.88. The molecule has 3 rings (SSSR count). The Kier molecular flexibility index (Phi) is 4.77. The second-order valence-corrected chi connectivity index (χ2v) is 7.20. The lowest BCUT2D eigenvalue weighted by Crippen LogP contribution is -2.26. The average molecular weight is 333 g/mol. The molecule has 0 bridgehead atoms. The summed E-state index contributed by atoms with van der Waals surface area (Å²) in [5.74, 6) is 0. The zero-order valence-corrected chi connectivity index (χ0v) is 13.5. The van der Waals surface area contributed by atoms with Gasteiger partial charge in [0.05, 0.1) is 24.7 Å². The molecule has 0 fully saturated rings. The molecule has 1 heterocycles. The molecule has 23 heavy (non-hydrogen) atoms. The quantitative estimate of drug-likeness (QED) is 0.873. The van der Waals surface area contributed by atoms with E-state index in [9.17, 15) is 8.42 Å². The predicted molar refractivity (Wildman–Crippen MR) is 87.5 cm³/mol. The number of rotatable bonds is 5. The van der Waals surface area contributed by atoms with Crippen LogP contribution in [0, 0.1) is 0 Å². The molecule has 122 valence electrons. The first-order valence-electron chi connectivity index (χ1n) is 7.51. The summed E-state index contributed by atoms with van der Waals surface area (Å²) in [5.41, 5.74) is 4.54. The van der Waals surface area contributed by atoms with Crippen LogP contribution in [0.3, 0.4) is 0 Å². The minimum Gasteiger partial charge on any atom is -0.395 e. The molecule has 0 atom stereocenters. The minimum atomic E-state index is -3.56. The number of hydrogen-bond acceptors (Lipinski definition) is 4. The van der Waals surface area contributed by atoms with Crippen molar-refractivity contribution < 1.29 is 18.3 Å². The highest BCUT2D eigenvalue weighted by Gasteiger charge is 2.14. The summed E-state index contributed by atoms with van der Waals surface area (Å²) >= 11 is 0. The number of aliphatic hydroxyl groups is 1. The summed E-state index contributed by atoms with van der Waals surface area (Å²) in [5, 5.41) is 8.73. The zero-order valence-electron chi connectivity index (χ0n) is 12.7. The van der Waals surface area contributed by atoms with Crippen LogP contribution in [0.5, 0.6) is 0 Å². The minimum absolute atomic E-state index is 0.0109. The Labute approximate surface area is 136 Å². The second-order valence-electron chi connectivity index (χ2n) is 5.43. The lowest BCUT2D eigenvalue weighted by Gasteiger charge is -2.17. The van der Waals surface area contributed by atoms with Crippen molar-refractivity contribution in [2.75, 3.05) is 19.8 Å². The fourth-order valence-corrected chi connectivity index (χ4v) is 3.65. The van der Waals surface area contributed by atoms with E-state index in [2.05, 4.69) is 16.9 Å². The lowest BCUT2D eigenvalue weighted by atomic mass is 9.97. The molecular weight excluding hydrogens is 314 g/mol. The van der Waals surface area contributed by atoms with E-state index in [-0.39, 0.29) is 18.0 Å². The summed E-state index contributed by atoms with van der Waals surface area (Å²) in [6.07, 6.45) is 0.903. The van der Waals surface area contributed by atoms with Crippen molar-refractivity contribution in [2.24, 2.45) is 0 Å². The molecule has 6 heteroatoms. The largest absolute Gasteiger partial charge is 0.395 e. The van der Waals surface area contributed by atoms with Crippen molar-refractivity contribution >= 4 is 10.0 Å². The molecule has 0 amide bonds. The Hall–Kier alpha value is -1.73. The van der Waals surface area contributed by atoms with E-state index in [1.54, 1.807) is 24.3 Å². The van der Waals surface area contributed by atoms with Crippen LogP contribution in [0.1, 0.15) is 11.1 Å². The van der Waals surface area contributed by atoms with Crippen LogP contribution in [0.25, 0.3) is 11.1 Å². The predicted octanol–water partition coefficient (Wildman–Crippen LogP) is 1.70. The van der Waals surface area contributed by atoms with Crippen LogP contribution in [-0.2, 0) is 27.8 Å². The number of sulfonamides is 1. The summed E-state index contributed by atoms with van der Waals surface area (Å²) in [6.45, 7) is 1.18. The third-order valence-corrected chi connectivity index (χ3v) is 5.36. The van der Waals surface area contributed by atoms with E-state index in [1.165, 1.54) is 11.1 Å². The number of hydrogen-bond donors (Lipinski definition) is 2. The van der Waals surface area contributed by atoms with Gasteiger partial charge in [-0.15, -0.1) is 0 Å². The SMILES string of the molecule is O=S(=O)(NCCO)c1ccc(-c2ccc3c(c2)CCOC3)cc1. The smallest absolute Gasteiger partial charge is 0.240 e. The number of aliphatic hydroxyl groups excluding tert-OH is 1. The van der Waals surface area contributed by atoms with E-state index in [1.807, 2.05) is 6.07 Å². The topological polar surface area (TPSA) is 75.6 Å². The normalized spacial score (nSPS) is 14.5. The van der Waals surface area contributed by atoms with Gasteiger partial charge in [-0.3, -0.25) is 0 Å². The summed E-state index contributed by atoms with van der Waals surface area (Å²) in [4.78, 5) is 0.195. The van der Waals surface area contributed by atoms with Gasteiger partial charge in [0.2, 0.25) is 10.0 Å². The van der Waals surface area contributed by atoms with Crippen LogP contribution in [-0.4, -0.2) is 33.3 Å². The van der Waals surface area contributed by atoms with Crippen LogP contribution < -0.4 is 4.72 Å². The maximum Gasteiger partial charge on any atom is 0.240 e. The number of fused-ring (bicyclic) bond motifs is 1. The molecule has 0 radical (unpaired) electrons. The van der Waals surface area contributed by atoms with Crippen molar-refractivity contribution in [1.82, 2.24) is 4.72 Å². The van der Waals surface area contributed by atoms with Crippen molar-refractivity contribution in [2.45, 2.75) is 17.9 Å². The first-order valence-corrected chi connectivity index (χ1v) is 8.99. The fourth-order valence-electron chi connectivity index (χ4n) is 2.63. The molecular formula is C17H19NO4S. The summed E-state index contributed by atoms with van der Waals surface area (Å²) < 4.78 is 31.8. The molecule has 2 aromatic carbocycles. The standard InChI is InChI=1S/C17H19NO4S/c19-9-8-18-23(20,21)17-5-3-13(4-6-17)14-1-2-16-12-22-10-7-15(16)11-14/h1-6,11,18-19H,7-10,12H2. The van der Waals surface area contributed by atoms with Crippen molar-refractivity contribution in [1.29, 1.82) is 0 Å². The van der Waals surface area contributed by atoms with Crippen molar-refractivity contribution in [3.8, 4) is 11.1 Å². The number of nitrogens with one attached hydrogen (secondary N) is 1. The van der Waals surface area contributed by atoms with Crippen molar-refractivity contribution in [3.63, 3.8) is 0 Å². The molecule has 0 saturated carbocycles. The average Bonchev–Trinajstić information content (AvgIpc) is 2.60. The first-order chi connectivity index (χ1) is 11.1. The molecule has 0 saturated heterocycles. The summed E-state index contributed by atoms with van der Waals surface area (Å²) in [7, 11) is -3.56. The Morgan fingerprint density at radius 1 is 1.04 bits per heavy atom. The van der Waals surface area contributed by atoms with Crippen LogP contribution in [0.4, 0.5) is 0 Å². The van der Waals surface area contributed by atoms with Gasteiger partial charge in [-0.05, 0) is 40.8 Å². The van der Waals surface area contributed by atoms with Gasteiger partial charge in [0.1, 0.15) is 0 Å². The molecule has 0 unspecified atom stereocenters. The van der Waals surface area contributed by atoms with E-state index in [0.29, 0.717) is 6.61 Å². The zero-order chi connectivity index (χ0) is 16.3. The molecule has 2 N–H and O–H groups in total. The Bertz CT molecular complexity index is 785. The maximum absolute atomic E-state index is 12.0. The van der Waals surface area contributed by atoms with Gasteiger partial charge in [0.15, 0.2) is 0 Å². The van der Waals surface area contributed by atoms with E-state index in [4.69, 9.17) is 9.84 Å². The molecule has 5 nitrogen and oxygen atoms in total. The molecule has 2 aromatic rings. The molecule has 1 aliphatic heterocycles. The van der Waals surface area contributed by atoms with Crippen LogP contribution in [0.2, 0.25) is 0 Å². The second kappa shape index (κ2) is 6.80. The van der Waals surface area contributed by atoms with Gasteiger partial charge in [-0.2, -0.15) is 0 Å². The third kappa shape index (κ3) is 3.61. The van der Waals surface area contributed by atoms with Gasteiger partial charge in [0.25, 0.3) is 0 Å². The number of ether oxygens (including phenoxy) is 1. The Morgan fingerprint density at radius 3 is 2.52 bits per heavy atom. The maximum atomic E-state index is 12.0. The highest BCUT2D eigenvalue weighted by Crippen LogP contribution is 2.26. The Balaban J connectivity index is 1.85. The van der Waals surface area contributed by atoms with Crippen LogP contribution in [0.15, 0.2) is 47.4 Å². The molecule has 0 spiro atoms. The fraction of sp³-hybridized carbons (Fsp3) is 0.294. The summed E-state index contributed by atoms with van der Waals surface area (Å²) in [6, 6.07) is 13.0. The van der Waals surface area contributed by atoms with Gasteiger partial charge >= 0.3 is 0 Å². The van der Waals surface area contributed by atoms with Gasteiger partial charge in [-0.1, -0.05) is 30.3 Å². The Morgan fingerprint density at radius 2 is 1.78 bits per heavy atom. The van der Waals surface area contributed by atoms with Gasteiger partial charge < -0.3 is 9.84 Å². The monoisotopic (exact) mass is 333 g/mol. The number of benzene rings is 2. The van der Waals surface area contributed by atoms with E-state index in [0.717, 1.165) is 24.2 Å². The molecule has 0 aromatic heterocycles. The molecule has 1 aliphatic rings. The van der Waals surface area contributed by atoms with E-state index >= 15 is 0 Å². The van der Waals surface area contributed by atoms with Gasteiger partial charge in [0, 0.05) is 6.54 Å². The van der Waals surface area contributed by atoms with Gasteiger partial charge in [-0.25, -0.2) is 13.1 Å².